The standard InChI is InChI=1S/C31H34ClN3O5/c1-39-20-23-10-7-11-24(16-23)31(38)35-15-6-5-14-33-30(37)27-18-25(32)12-13-28(27)40-21-26(34-29(36)19-35)17-22-8-3-2-4-9-22/h2-4,7-13,16,18,26H,5-6,14-15,17,19-21H2,1H3,(H,33,37)(H,34,36)/t26-/m1/s1. The lowest BCUT2D eigenvalue weighted by atomic mass is 10.1. The number of carbonyl (C=O) groups is 3. The quantitative estimate of drug-likeness (QED) is 0.483. The van der Waals surface area contributed by atoms with Crippen molar-refractivity contribution in [3.63, 3.8) is 0 Å². The topological polar surface area (TPSA) is 97.0 Å². The zero-order chi connectivity index (χ0) is 28.3. The number of halogens is 1. The molecule has 0 aliphatic carbocycles. The van der Waals surface area contributed by atoms with E-state index in [1.165, 1.54) is 0 Å². The molecule has 2 N–H and O–H groups in total. The van der Waals surface area contributed by atoms with E-state index in [0.717, 1.165) is 11.1 Å². The number of ether oxygens (including phenoxy) is 2. The van der Waals surface area contributed by atoms with Gasteiger partial charge in [-0.15, -0.1) is 0 Å². The molecule has 3 aromatic rings. The third-order valence-electron chi connectivity index (χ3n) is 6.56. The summed E-state index contributed by atoms with van der Waals surface area (Å²) in [6, 6.07) is 21.5. The summed E-state index contributed by atoms with van der Waals surface area (Å²) in [6.07, 6.45) is 1.73. The first-order chi connectivity index (χ1) is 19.4. The van der Waals surface area contributed by atoms with Crippen LogP contribution in [0.15, 0.2) is 72.8 Å². The summed E-state index contributed by atoms with van der Waals surface area (Å²) in [5.41, 5.74) is 2.72. The fourth-order valence-corrected chi connectivity index (χ4v) is 4.79. The molecule has 1 aliphatic rings. The van der Waals surface area contributed by atoms with Crippen molar-refractivity contribution in [3.8, 4) is 5.75 Å². The average Bonchev–Trinajstić information content (AvgIpc) is 2.96. The Morgan fingerprint density at radius 1 is 1.02 bits per heavy atom. The van der Waals surface area contributed by atoms with Crippen LogP contribution >= 0.6 is 11.6 Å². The number of methoxy groups -OCH3 is 1. The van der Waals surface area contributed by atoms with Crippen molar-refractivity contribution >= 4 is 29.3 Å². The van der Waals surface area contributed by atoms with Gasteiger partial charge in [0.25, 0.3) is 11.8 Å². The Balaban J connectivity index is 1.58. The molecule has 3 aromatic carbocycles. The highest BCUT2D eigenvalue weighted by atomic mass is 35.5. The van der Waals surface area contributed by atoms with Gasteiger partial charge in [-0.3, -0.25) is 14.4 Å². The van der Waals surface area contributed by atoms with Crippen LogP contribution in [0.4, 0.5) is 0 Å². The zero-order valence-corrected chi connectivity index (χ0v) is 23.3. The molecule has 4 rings (SSSR count). The summed E-state index contributed by atoms with van der Waals surface area (Å²) >= 11 is 6.18. The molecule has 1 heterocycles. The molecule has 0 fully saturated rings. The van der Waals surface area contributed by atoms with E-state index < -0.39 is 6.04 Å². The molecule has 1 aliphatic heterocycles. The summed E-state index contributed by atoms with van der Waals surface area (Å²) in [4.78, 5) is 41.3. The van der Waals surface area contributed by atoms with E-state index in [-0.39, 0.29) is 30.9 Å². The molecule has 210 valence electrons. The minimum Gasteiger partial charge on any atom is -0.491 e. The van der Waals surface area contributed by atoms with Crippen molar-refractivity contribution < 1.29 is 23.9 Å². The molecule has 40 heavy (non-hydrogen) atoms. The van der Waals surface area contributed by atoms with Gasteiger partial charge in [-0.25, -0.2) is 0 Å². The smallest absolute Gasteiger partial charge is 0.255 e. The molecular formula is C31H34ClN3O5. The molecule has 1 atom stereocenters. The Morgan fingerprint density at radius 3 is 2.62 bits per heavy atom. The highest BCUT2D eigenvalue weighted by Crippen LogP contribution is 2.23. The van der Waals surface area contributed by atoms with E-state index in [1.807, 2.05) is 42.5 Å². The van der Waals surface area contributed by atoms with Gasteiger partial charge in [0.05, 0.1) is 24.8 Å². The van der Waals surface area contributed by atoms with Crippen molar-refractivity contribution in [2.75, 3.05) is 33.4 Å². The molecule has 0 unspecified atom stereocenters. The number of amides is 3. The maximum absolute atomic E-state index is 13.5. The van der Waals surface area contributed by atoms with Crippen LogP contribution in [0.25, 0.3) is 0 Å². The monoisotopic (exact) mass is 563 g/mol. The average molecular weight is 564 g/mol. The van der Waals surface area contributed by atoms with Crippen LogP contribution in [0.2, 0.25) is 5.02 Å². The van der Waals surface area contributed by atoms with Gasteiger partial charge in [-0.2, -0.15) is 0 Å². The van der Waals surface area contributed by atoms with Crippen LogP contribution in [0.3, 0.4) is 0 Å². The molecule has 0 saturated carbocycles. The highest BCUT2D eigenvalue weighted by Gasteiger charge is 2.23. The lowest BCUT2D eigenvalue weighted by Gasteiger charge is -2.25. The summed E-state index contributed by atoms with van der Waals surface area (Å²) in [7, 11) is 1.60. The van der Waals surface area contributed by atoms with Crippen molar-refractivity contribution in [2.45, 2.75) is 31.9 Å². The zero-order valence-electron chi connectivity index (χ0n) is 22.5. The number of fused-ring (bicyclic) bond motifs is 1. The first kappa shape index (κ1) is 29.1. The van der Waals surface area contributed by atoms with Gasteiger partial charge in [0, 0.05) is 30.8 Å². The Bertz CT molecular complexity index is 1320. The van der Waals surface area contributed by atoms with E-state index in [2.05, 4.69) is 10.6 Å². The predicted molar refractivity (Wildman–Crippen MR) is 154 cm³/mol. The van der Waals surface area contributed by atoms with Crippen LogP contribution < -0.4 is 15.4 Å². The fourth-order valence-electron chi connectivity index (χ4n) is 4.61. The van der Waals surface area contributed by atoms with Crippen molar-refractivity contribution in [2.24, 2.45) is 0 Å². The third-order valence-corrected chi connectivity index (χ3v) is 6.80. The molecule has 9 heteroatoms. The minimum absolute atomic E-state index is 0.100. The molecule has 0 bridgehead atoms. The Hall–Kier alpha value is -3.88. The van der Waals surface area contributed by atoms with E-state index >= 15 is 0 Å². The number of hydrogen-bond donors (Lipinski definition) is 2. The minimum atomic E-state index is -0.409. The van der Waals surface area contributed by atoms with Crippen molar-refractivity contribution in [1.29, 1.82) is 0 Å². The number of carbonyl (C=O) groups excluding carboxylic acids is 3. The van der Waals surface area contributed by atoms with Crippen molar-refractivity contribution in [1.82, 2.24) is 15.5 Å². The summed E-state index contributed by atoms with van der Waals surface area (Å²) in [5, 5.41) is 6.39. The SMILES string of the molecule is COCc1cccc(C(=O)N2CCCCNC(=O)c3cc(Cl)ccc3OC[C@@H](Cc3ccccc3)NC(=O)C2)c1. The van der Waals surface area contributed by atoms with Gasteiger partial charge >= 0.3 is 0 Å². The van der Waals surface area contributed by atoms with Crippen LogP contribution in [0.1, 0.15) is 44.7 Å². The first-order valence-corrected chi connectivity index (χ1v) is 13.7. The first-order valence-electron chi connectivity index (χ1n) is 13.3. The number of hydrogen-bond acceptors (Lipinski definition) is 5. The lowest BCUT2D eigenvalue weighted by Crippen LogP contribution is -2.47. The second-order valence-corrected chi connectivity index (χ2v) is 10.2. The Labute approximate surface area is 239 Å². The predicted octanol–water partition coefficient (Wildman–Crippen LogP) is 4.26. The van der Waals surface area contributed by atoms with Gasteiger partial charge in [-0.05, 0) is 60.7 Å². The number of benzene rings is 3. The summed E-state index contributed by atoms with van der Waals surface area (Å²) in [6.45, 7) is 1.17. The van der Waals surface area contributed by atoms with Gasteiger partial charge in [0.2, 0.25) is 5.91 Å². The number of nitrogens with zero attached hydrogens (tertiary/aromatic N) is 1. The van der Waals surface area contributed by atoms with Crippen molar-refractivity contribution in [3.05, 3.63) is 100 Å². The van der Waals surface area contributed by atoms with E-state index in [1.54, 1.807) is 42.3 Å². The van der Waals surface area contributed by atoms with Gasteiger partial charge < -0.3 is 25.0 Å². The molecule has 0 aromatic heterocycles. The van der Waals surface area contributed by atoms with Crippen LogP contribution in [-0.4, -0.2) is 62.0 Å². The van der Waals surface area contributed by atoms with E-state index in [9.17, 15) is 14.4 Å². The summed E-state index contributed by atoms with van der Waals surface area (Å²) < 4.78 is 11.3. The van der Waals surface area contributed by atoms with E-state index in [0.29, 0.717) is 60.9 Å². The maximum Gasteiger partial charge on any atom is 0.255 e. The highest BCUT2D eigenvalue weighted by molar-refractivity contribution is 6.31. The number of nitrogens with one attached hydrogen (secondary N) is 2. The molecule has 0 spiro atoms. The second kappa shape index (κ2) is 14.5. The molecule has 0 radical (unpaired) electrons. The van der Waals surface area contributed by atoms with Crippen LogP contribution in [0.5, 0.6) is 5.75 Å². The fraction of sp³-hybridized carbons (Fsp3) is 0.323. The number of rotatable bonds is 5. The molecule has 0 saturated heterocycles. The molecule has 3 amide bonds. The largest absolute Gasteiger partial charge is 0.491 e. The maximum atomic E-state index is 13.5. The Kier molecular flexibility index (Phi) is 10.5. The normalized spacial score (nSPS) is 16.9. The lowest BCUT2D eigenvalue weighted by molar-refractivity contribution is -0.122. The Morgan fingerprint density at radius 2 is 1.82 bits per heavy atom. The van der Waals surface area contributed by atoms with Crippen LogP contribution in [0, 0.1) is 0 Å². The van der Waals surface area contributed by atoms with Gasteiger partial charge in [0.1, 0.15) is 12.4 Å². The second-order valence-electron chi connectivity index (χ2n) is 9.73. The molecular weight excluding hydrogens is 530 g/mol. The third kappa shape index (κ3) is 8.31. The van der Waals surface area contributed by atoms with E-state index in [4.69, 9.17) is 21.1 Å². The summed E-state index contributed by atoms with van der Waals surface area (Å²) in [5.74, 6) is -0.429. The van der Waals surface area contributed by atoms with Gasteiger partial charge in [-0.1, -0.05) is 54.1 Å². The van der Waals surface area contributed by atoms with Gasteiger partial charge in [0.15, 0.2) is 0 Å². The van der Waals surface area contributed by atoms with Crippen LogP contribution in [-0.2, 0) is 22.6 Å². The molecule has 8 nitrogen and oxygen atoms in total.